The first-order valence-corrected chi connectivity index (χ1v) is 8.33. The van der Waals surface area contributed by atoms with E-state index < -0.39 is 0 Å². The molecule has 4 heteroatoms. The maximum atomic E-state index is 5.50. The standard InChI is InChI=1S/C19H26N4/c1-14(2)23-13-22-18-8-7-17(11-19(18)23)16-5-3-15(4-6-16)12-21-10-9-20/h3-8,11,14,21-22H,9-10,12-13,20H2,1-2H3. The zero-order valence-electron chi connectivity index (χ0n) is 14.0. The van der Waals surface area contributed by atoms with Crippen LogP contribution >= 0.6 is 0 Å². The van der Waals surface area contributed by atoms with E-state index in [0.29, 0.717) is 12.6 Å². The van der Waals surface area contributed by atoms with E-state index in [1.165, 1.54) is 28.1 Å². The van der Waals surface area contributed by atoms with E-state index in [9.17, 15) is 0 Å². The molecule has 4 nitrogen and oxygen atoms in total. The maximum Gasteiger partial charge on any atom is 0.0880 e. The summed E-state index contributed by atoms with van der Waals surface area (Å²) in [4.78, 5) is 2.39. The lowest BCUT2D eigenvalue weighted by Gasteiger charge is -2.23. The van der Waals surface area contributed by atoms with E-state index in [0.717, 1.165) is 19.8 Å². The van der Waals surface area contributed by atoms with Gasteiger partial charge in [0.15, 0.2) is 0 Å². The summed E-state index contributed by atoms with van der Waals surface area (Å²) in [5, 5.41) is 6.78. The number of nitrogens with two attached hydrogens (primary N) is 1. The molecule has 0 radical (unpaired) electrons. The summed E-state index contributed by atoms with van der Waals surface area (Å²) in [5.41, 5.74) is 11.8. The van der Waals surface area contributed by atoms with Gasteiger partial charge in [0.25, 0.3) is 0 Å². The van der Waals surface area contributed by atoms with Gasteiger partial charge >= 0.3 is 0 Å². The lowest BCUT2D eigenvalue weighted by molar-refractivity contribution is 0.695. The molecular formula is C19H26N4. The summed E-state index contributed by atoms with van der Waals surface area (Å²) in [7, 11) is 0. The van der Waals surface area contributed by atoms with E-state index in [2.05, 4.69) is 71.8 Å². The van der Waals surface area contributed by atoms with Crippen molar-refractivity contribution in [1.29, 1.82) is 0 Å². The summed E-state index contributed by atoms with van der Waals surface area (Å²) < 4.78 is 0. The van der Waals surface area contributed by atoms with E-state index >= 15 is 0 Å². The van der Waals surface area contributed by atoms with Crippen LogP contribution in [-0.4, -0.2) is 25.8 Å². The van der Waals surface area contributed by atoms with Gasteiger partial charge < -0.3 is 21.3 Å². The molecule has 0 saturated heterocycles. The van der Waals surface area contributed by atoms with Crippen molar-refractivity contribution >= 4 is 11.4 Å². The Morgan fingerprint density at radius 2 is 1.87 bits per heavy atom. The minimum absolute atomic E-state index is 0.495. The molecule has 0 spiro atoms. The highest BCUT2D eigenvalue weighted by Gasteiger charge is 2.21. The fourth-order valence-electron chi connectivity index (χ4n) is 2.96. The second-order valence-corrected chi connectivity index (χ2v) is 6.29. The van der Waals surface area contributed by atoms with Crippen molar-refractivity contribution in [1.82, 2.24) is 5.32 Å². The van der Waals surface area contributed by atoms with Crippen LogP contribution in [0.4, 0.5) is 11.4 Å². The first-order valence-electron chi connectivity index (χ1n) is 8.33. The molecule has 0 aromatic heterocycles. The third kappa shape index (κ3) is 3.49. The summed E-state index contributed by atoms with van der Waals surface area (Å²) in [6.45, 7) is 7.74. The molecule has 2 aromatic carbocycles. The number of benzene rings is 2. The van der Waals surface area contributed by atoms with Gasteiger partial charge in [-0.1, -0.05) is 30.3 Å². The number of fused-ring (bicyclic) bond motifs is 1. The van der Waals surface area contributed by atoms with Gasteiger partial charge in [0.1, 0.15) is 0 Å². The Labute approximate surface area is 138 Å². The number of nitrogens with zero attached hydrogens (tertiary/aromatic N) is 1. The highest BCUT2D eigenvalue weighted by atomic mass is 15.3. The minimum Gasteiger partial charge on any atom is -0.366 e. The Kier molecular flexibility index (Phi) is 4.84. The van der Waals surface area contributed by atoms with E-state index in [-0.39, 0.29) is 0 Å². The molecule has 0 saturated carbocycles. The van der Waals surface area contributed by atoms with Crippen molar-refractivity contribution in [3.05, 3.63) is 48.0 Å². The zero-order valence-corrected chi connectivity index (χ0v) is 14.0. The molecule has 3 rings (SSSR count). The summed E-state index contributed by atoms with van der Waals surface area (Å²) in [5.74, 6) is 0. The molecule has 1 heterocycles. The molecule has 1 aliphatic rings. The third-order valence-electron chi connectivity index (χ3n) is 4.31. The van der Waals surface area contributed by atoms with Gasteiger partial charge in [0.2, 0.25) is 0 Å². The normalized spacial score (nSPS) is 13.3. The van der Waals surface area contributed by atoms with Gasteiger partial charge in [0, 0.05) is 25.7 Å². The van der Waals surface area contributed by atoms with Gasteiger partial charge in [-0.2, -0.15) is 0 Å². The first kappa shape index (κ1) is 15.8. The predicted molar refractivity (Wildman–Crippen MR) is 98.7 cm³/mol. The topological polar surface area (TPSA) is 53.3 Å². The Morgan fingerprint density at radius 1 is 1.13 bits per heavy atom. The van der Waals surface area contributed by atoms with E-state index in [1.54, 1.807) is 0 Å². The quantitative estimate of drug-likeness (QED) is 0.718. The average Bonchev–Trinajstić information content (AvgIpc) is 2.99. The van der Waals surface area contributed by atoms with Gasteiger partial charge in [0.05, 0.1) is 18.0 Å². The van der Waals surface area contributed by atoms with Crippen molar-refractivity contribution in [3.8, 4) is 11.1 Å². The lowest BCUT2D eigenvalue weighted by Crippen LogP contribution is -2.30. The van der Waals surface area contributed by atoms with Crippen LogP contribution in [0.5, 0.6) is 0 Å². The van der Waals surface area contributed by atoms with Crippen molar-refractivity contribution in [2.45, 2.75) is 26.4 Å². The molecule has 0 fully saturated rings. The molecule has 0 unspecified atom stereocenters. The van der Waals surface area contributed by atoms with Crippen molar-refractivity contribution in [2.75, 3.05) is 30.0 Å². The monoisotopic (exact) mass is 310 g/mol. The number of hydrogen-bond donors (Lipinski definition) is 3. The van der Waals surface area contributed by atoms with Gasteiger partial charge in [-0.3, -0.25) is 0 Å². The lowest BCUT2D eigenvalue weighted by atomic mass is 10.0. The van der Waals surface area contributed by atoms with Crippen LogP contribution in [0.15, 0.2) is 42.5 Å². The Balaban J connectivity index is 1.78. The van der Waals surface area contributed by atoms with Crippen molar-refractivity contribution < 1.29 is 0 Å². The van der Waals surface area contributed by atoms with Crippen LogP contribution in [0.3, 0.4) is 0 Å². The highest BCUT2D eigenvalue weighted by Crippen LogP contribution is 2.36. The average molecular weight is 310 g/mol. The van der Waals surface area contributed by atoms with Crippen LogP contribution in [0.25, 0.3) is 11.1 Å². The summed E-state index contributed by atoms with van der Waals surface area (Å²) in [6.07, 6.45) is 0. The highest BCUT2D eigenvalue weighted by molar-refractivity contribution is 5.81. The van der Waals surface area contributed by atoms with E-state index in [1.807, 2.05) is 0 Å². The molecule has 0 aliphatic carbocycles. The Bertz CT molecular complexity index is 649. The number of anilines is 2. The molecule has 0 bridgehead atoms. The Morgan fingerprint density at radius 3 is 2.57 bits per heavy atom. The second-order valence-electron chi connectivity index (χ2n) is 6.29. The first-order chi connectivity index (χ1) is 11.2. The van der Waals surface area contributed by atoms with E-state index in [4.69, 9.17) is 5.73 Å². The fraction of sp³-hybridized carbons (Fsp3) is 0.368. The van der Waals surface area contributed by atoms with Crippen LogP contribution in [-0.2, 0) is 6.54 Å². The second kappa shape index (κ2) is 7.02. The zero-order chi connectivity index (χ0) is 16.2. The molecule has 122 valence electrons. The summed E-state index contributed by atoms with van der Waals surface area (Å²) in [6, 6.07) is 15.9. The summed E-state index contributed by atoms with van der Waals surface area (Å²) >= 11 is 0. The largest absolute Gasteiger partial charge is 0.366 e. The minimum atomic E-state index is 0.495. The molecular weight excluding hydrogens is 284 g/mol. The smallest absolute Gasteiger partial charge is 0.0880 e. The SMILES string of the molecule is CC(C)N1CNc2ccc(-c3ccc(CNCCN)cc3)cc21. The van der Waals surface area contributed by atoms with Crippen LogP contribution in [0, 0.1) is 0 Å². The van der Waals surface area contributed by atoms with Crippen molar-refractivity contribution in [2.24, 2.45) is 5.73 Å². The van der Waals surface area contributed by atoms with Crippen LogP contribution in [0.2, 0.25) is 0 Å². The number of hydrogen-bond acceptors (Lipinski definition) is 4. The van der Waals surface area contributed by atoms with Gasteiger partial charge in [-0.05, 0) is 42.7 Å². The fourth-order valence-corrected chi connectivity index (χ4v) is 2.96. The third-order valence-corrected chi connectivity index (χ3v) is 4.31. The Hall–Kier alpha value is -2.04. The van der Waals surface area contributed by atoms with Crippen molar-refractivity contribution in [3.63, 3.8) is 0 Å². The van der Waals surface area contributed by atoms with Gasteiger partial charge in [-0.15, -0.1) is 0 Å². The number of rotatable bonds is 6. The van der Waals surface area contributed by atoms with Crippen LogP contribution < -0.4 is 21.3 Å². The molecule has 0 atom stereocenters. The molecule has 2 aromatic rings. The molecule has 4 N–H and O–H groups in total. The molecule has 0 amide bonds. The molecule has 23 heavy (non-hydrogen) atoms. The maximum absolute atomic E-state index is 5.50. The predicted octanol–water partition coefficient (Wildman–Crippen LogP) is 3.00. The van der Waals surface area contributed by atoms with Gasteiger partial charge in [-0.25, -0.2) is 0 Å². The van der Waals surface area contributed by atoms with Crippen LogP contribution in [0.1, 0.15) is 19.4 Å². The number of nitrogens with one attached hydrogen (secondary N) is 2. The molecule has 1 aliphatic heterocycles.